The second-order valence-electron chi connectivity index (χ2n) is 5.68. The Balaban J connectivity index is 1.91. The maximum atomic E-state index is 12.6. The number of aryl methyl sites for hydroxylation is 1. The number of hydrogen-bond donors (Lipinski definition) is 1. The Kier molecular flexibility index (Phi) is 4.64. The number of anilines is 2. The van der Waals surface area contributed by atoms with E-state index in [-0.39, 0.29) is 10.8 Å². The van der Waals surface area contributed by atoms with Gasteiger partial charge in [0.05, 0.1) is 4.90 Å². The Morgan fingerprint density at radius 3 is 2.54 bits per heavy atom. The summed E-state index contributed by atoms with van der Waals surface area (Å²) in [7, 11) is -3.67. The number of benzene rings is 2. The highest BCUT2D eigenvalue weighted by Gasteiger charge is 2.23. The van der Waals surface area contributed by atoms with Crippen LogP contribution in [0.4, 0.5) is 11.4 Å². The van der Waals surface area contributed by atoms with Crippen molar-refractivity contribution in [3.8, 4) is 0 Å². The van der Waals surface area contributed by atoms with Crippen molar-refractivity contribution in [1.82, 2.24) is 0 Å². The molecular formula is C17H17BrN2O3S. The molecule has 24 heavy (non-hydrogen) atoms. The Hall–Kier alpha value is -1.86. The lowest BCUT2D eigenvalue weighted by Gasteiger charge is -2.28. The zero-order valence-corrected chi connectivity index (χ0v) is 15.5. The summed E-state index contributed by atoms with van der Waals surface area (Å²) in [6, 6.07) is 11.8. The standard InChI is InChI=1S/C17H17BrN2O3S/c1-12(21)20-10-2-3-13-11-16(8-9-17(13)20)24(22,23)19-15-6-4-14(18)5-7-15/h4-9,11,19H,2-3,10H2,1H3. The molecule has 7 heteroatoms. The number of sulfonamides is 1. The molecule has 0 saturated carbocycles. The van der Waals surface area contributed by atoms with Gasteiger partial charge in [-0.2, -0.15) is 0 Å². The molecule has 5 nitrogen and oxygen atoms in total. The van der Waals surface area contributed by atoms with E-state index in [1.54, 1.807) is 47.4 Å². The van der Waals surface area contributed by atoms with Crippen LogP contribution in [-0.2, 0) is 21.2 Å². The number of fused-ring (bicyclic) bond motifs is 1. The first-order chi connectivity index (χ1) is 11.4. The van der Waals surface area contributed by atoms with Gasteiger partial charge in [0, 0.05) is 29.3 Å². The summed E-state index contributed by atoms with van der Waals surface area (Å²) in [4.78, 5) is 13.6. The highest BCUT2D eigenvalue weighted by Crippen LogP contribution is 2.30. The lowest BCUT2D eigenvalue weighted by Crippen LogP contribution is -2.33. The van der Waals surface area contributed by atoms with Crippen molar-refractivity contribution >= 4 is 43.2 Å². The van der Waals surface area contributed by atoms with Gasteiger partial charge in [-0.1, -0.05) is 15.9 Å². The zero-order chi connectivity index (χ0) is 17.3. The molecule has 0 unspecified atom stereocenters. The molecule has 2 aromatic carbocycles. The van der Waals surface area contributed by atoms with Gasteiger partial charge in [-0.05, 0) is 60.9 Å². The largest absolute Gasteiger partial charge is 0.312 e. The van der Waals surface area contributed by atoms with Crippen molar-refractivity contribution in [2.45, 2.75) is 24.7 Å². The molecule has 0 aromatic heterocycles. The van der Waals surface area contributed by atoms with Crippen LogP contribution in [0.2, 0.25) is 0 Å². The number of rotatable bonds is 3. The fraction of sp³-hybridized carbons (Fsp3) is 0.235. The molecular weight excluding hydrogens is 392 g/mol. The smallest absolute Gasteiger partial charge is 0.261 e. The minimum Gasteiger partial charge on any atom is -0.312 e. The first kappa shape index (κ1) is 17.0. The molecule has 3 rings (SSSR count). The fourth-order valence-corrected chi connectivity index (χ4v) is 4.17. The molecule has 1 N–H and O–H groups in total. The van der Waals surface area contributed by atoms with Crippen LogP contribution >= 0.6 is 15.9 Å². The van der Waals surface area contributed by atoms with Crippen molar-refractivity contribution in [1.29, 1.82) is 0 Å². The molecule has 1 heterocycles. The van der Waals surface area contributed by atoms with Crippen molar-refractivity contribution in [2.24, 2.45) is 0 Å². The average molecular weight is 409 g/mol. The Labute approximate surface area is 149 Å². The van der Waals surface area contributed by atoms with Crippen molar-refractivity contribution in [3.05, 3.63) is 52.5 Å². The maximum absolute atomic E-state index is 12.6. The molecule has 1 aliphatic rings. The molecule has 0 atom stereocenters. The zero-order valence-electron chi connectivity index (χ0n) is 13.1. The van der Waals surface area contributed by atoms with Crippen LogP contribution in [0.5, 0.6) is 0 Å². The number of nitrogens with one attached hydrogen (secondary N) is 1. The van der Waals surface area contributed by atoms with Gasteiger partial charge < -0.3 is 4.90 Å². The molecule has 1 aliphatic heterocycles. The Morgan fingerprint density at radius 1 is 1.17 bits per heavy atom. The minimum atomic E-state index is -3.67. The predicted molar refractivity (Wildman–Crippen MR) is 97.7 cm³/mol. The number of amides is 1. The molecule has 0 aliphatic carbocycles. The van der Waals surface area contributed by atoms with Gasteiger partial charge in [-0.15, -0.1) is 0 Å². The second-order valence-corrected chi connectivity index (χ2v) is 8.28. The Morgan fingerprint density at radius 2 is 1.88 bits per heavy atom. The summed E-state index contributed by atoms with van der Waals surface area (Å²) >= 11 is 3.32. The molecule has 0 bridgehead atoms. The summed E-state index contributed by atoms with van der Waals surface area (Å²) in [5.41, 5.74) is 2.19. The van der Waals surface area contributed by atoms with E-state index in [2.05, 4.69) is 20.7 Å². The van der Waals surface area contributed by atoms with E-state index >= 15 is 0 Å². The first-order valence-corrected chi connectivity index (χ1v) is 9.84. The number of carbonyl (C=O) groups is 1. The number of carbonyl (C=O) groups excluding carboxylic acids is 1. The number of nitrogens with zero attached hydrogens (tertiary/aromatic N) is 1. The number of halogens is 1. The third-order valence-corrected chi connectivity index (χ3v) is 5.86. The molecule has 0 spiro atoms. The summed E-state index contributed by atoms with van der Waals surface area (Å²) in [6.45, 7) is 2.19. The highest BCUT2D eigenvalue weighted by atomic mass is 79.9. The average Bonchev–Trinajstić information content (AvgIpc) is 2.55. The van der Waals surface area contributed by atoms with Crippen molar-refractivity contribution < 1.29 is 13.2 Å². The van der Waals surface area contributed by atoms with Gasteiger partial charge in [-0.3, -0.25) is 9.52 Å². The van der Waals surface area contributed by atoms with E-state index in [1.807, 2.05) is 0 Å². The summed E-state index contributed by atoms with van der Waals surface area (Å²) in [5.74, 6) is -0.0282. The third kappa shape index (κ3) is 3.47. The molecule has 0 fully saturated rings. The van der Waals surface area contributed by atoms with Gasteiger partial charge in [0.25, 0.3) is 10.0 Å². The van der Waals surface area contributed by atoms with Crippen molar-refractivity contribution in [3.63, 3.8) is 0 Å². The summed E-state index contributed by atoms with van der Waals surface area (Å²) in [6.07, 6.45) is 1.59. The Bertz CT molecular complexity index is 879. The highest BCUT2D eigenvalue weighted by molar-refractivity contribution is 9.10. The van der Waals surface area contributed by atoms with E-state index in [1.165, 1.54) is 6.92 Å². The quantitative estimate of drug-likeness (QED) is 0.843. The summed E-state index contributed by atoms with van der Waals surface area (Å²) < 4.78 is 28.6. The topological polar surface area (TPSA) is 66.5 Å². The van der Waals surface area contributed by atoms with E-state index in [0.717, 1.165) is 28.6 Å². The minimum absolute atomic E-state index is 0.0282. The second kappa shape index (κ2) is 6.57. The normalized spacial score (nSPS) is 14.2. The molecule has 0 radical (unpaired) electrons. The molecule has 1 amide bonds. The fourth-order valence-electron chi connectivity index (χ4n) is 2.80. The van der Waals surface area contributed by atoms with Crippen LogP contribution in [0.3, 0.4) is 0 Å². The van der Waals surface area contributed by atoms with E-state index in [9.17, 15) is 13.2 Å². The lowest BCUT2D eigenvalue weighted by molar-refractivity contribution is -0.116. The van der Waals surface area contributed by atoms with Crippen LogP contribution < -0.4 is 9.62 Å². The van der Waals surface area contributed by atoms with E-state index < -0.39 is 10.0 Å². The third-order valence-electron chi connectivity index (χ3n) is 3.96. The van der Waals surface area contributed by atoms with Gasteiger partial charge >= 0.3 is 0 Å². The van der Waals surface area contributed by atoms with Crippen LogP contribution in [0, 0.1) is 0 Å². The van der Waals surface area contributed by atoms with Crippen LogP contribution in [-0.4, -0.2) is 20.9 Å². The van der Waals surface area contributed by atoms with E-state index in [4.69, 9.17) is 0 Å². The molecule has 0 saturated heterocycles. The van der Waals surface area contributed by atoms with E-state index in [0.29, 0.717) is 12.2 Å². The van der Waals surface area contributed by atoms with Gasteiger partial charge in [-0.25, -0.2) is 8.42 Å². The maximum Gasteiger partial charge on any atom is 0.261 e. The molecule has 2 aromatic rings. The SMILES string of the molecule is CC(=O)N1CCCc2cc(S(=O)(=O)Nc3ccc(Br)cc3)ccc21. The lowest BCUT2D eigenvalue weighted by atomic mass is 10.0. The van der Waals surface area contributed by atoms with Gasteiger partial charge in [0.2, 0.25) is 5.91 Å². The number of hydrogen-bond acceptors (Lipinski definition) is 3. The monoisotopic (exact) mass is 408 g/mol. The van der Waals surface area contributed by atoms with Crippen LogP contribution in [0.25, 0.3) is 0 Å². The summed E-state index contributed by atoms with van der Waals surface area (Å²) in [5, 5.41) is 0. The first-order valence-electron chi connectivity index (χ1n) is 7.56. The van der Waals surface area contributed by atoms with Gasteiger partial charge in [0.15, 0.2) is 0 Å². The molecule has 126 valence electrons. The van der Waals surface area contributed by atoms with Crippen LogP contribution in [0.15, 0.2) is 51.8 Å². The van der Waals surface area contributed by atoms with Gasteiger partial charge in [0.1, 0.15) is 0 Å². The van der Waals surface area contributed by atoms with Crippen LogP contribution in [0.1, 0.15) is 18.9 Å². The predicted octanol–water partition coefficient (Wildman–Crippen LogP) is 3.55. The van der Waals surface area contributed by atoms with Crippen molar-refractivity contribution in [2.75, 3.05) is 16.2 Å².